The van der Waals surface area contributed by atoms with E-state index in [4.69, 9.17) is 4.74 Å². The average Bonchev–Trinajstić information content (AvgIpc) is 2.29. The fourth-order valence-corrected chi connectivity index (χ4v) is 1.53. The van der Waals surface area contributed by atoms with Gasteiger partial charge >= 0.3 is 0 Å². The van der Waals surface area contributed by atoms with E-state index in [1.54, 1.807) is 12.4 Å². The molecule has 0 aromatic carbocycles. The highest BCUT2D eigenvalue weighted by Gasteiger charge is 2.05. The molecule has 3 heteroatoms. The van der Waals surface area contributed by atoms with E-state index >= 15 is 0 Å². The molecular weight excluding hydrogens is 214 g/mol. The third kappa shape index (κ3) is 7.08. The van der Waals surface area contributed by atoms with Crippen molar-refractivity contribution in [3.63, 3.8) is 0 Å². The van der Waals surface area contributed by atoms with Crippen LogP contribution in [-0.4, -0.2) is 29.4 Å². The first-order chi connectivity index (χ1) is 8.18. The number of nitrogens with zero attached hydrogens (tertiary/aromatic N) is 1. The highest BCUT2D eigenvalue weighted by atomic mass is 16.5. The van der Waals surface area contributed by atoms with Gasteiger partial charge in [-0.05, 0) is 42.9 Å². The molecule has 96 valence electrons. The van der Waals surface area contributed by atoms with E-state index in [0.717, 1.165) is 18.6 Å². The van der Waals surface area contributed by atoms with Crippen molar-refractivity contribution in [1.29, 1.82) is 0 Å². The van der Waals surface area contributed by atoms with Crippen LogP contribution < -0.4 is 0 Å². The Morgan fingerprint density at radius 2 is 1.82 bits per heavy atom. The van der Waals surface area contributed by atoms with E-state index < -0.39 is 0 Å². The normalized spacial score (nSPS) is 12.9. The Morgan fingerprint density at radius 1 is 1.18 bits per heavy atom. The topological polar surface area (TPSA) is 42.4 Å². The third-order valence-electron chi connectivity index (χ3n) is 2.66. The molecule has 0 aliphatic rings. The maximum Gasteiger partial charge on any atom is 0.0602 e. The molecule has 0 spiro atoms. The number of aliphatic hydroxyl groups is 1. The Hall–Kier alpha value is -0.930. The molecule has 0 saturated carbocycles. The fourth-order valence-electron chi connectivity index (χ4n) is 1.53. The third-order valence-corrected chi connectivity index (χ3v) is 2.66. The Balaban J connectivity index is 2.07. The molecule has 3 nitrogen and oxygen atoms in total. The summed E-state index contributed by atoms with van der Waals surface area (Å²) in [4.78, 5) is 3.95. The monoisotopic (exact) mass is 237 g/mol. The number of aliphatic hydroxyl groups excluding tert-OH is 1. The Kier molecular flexibility index (Phi) is 6.82. The predicted molar refractivity (Wildman–Crippen MR) is 68.8 cm³/mol. The molecule has 0 amide bonds. The van der Waals surface area contributed by atoms with Crippen LogP contribution in [0.25, 0.3) is 0 Å². The zero-order valence-corrected chi connectivity index (χ0v) is 10.8. The van der Waals surface area contributed by atoms with Gasteiger partial charge in [-0.3, -0.25) is 4.98 Å². The van der Waals surface area contributed by atoms with Crippen molar-refractivity contribution in [3.8, 4) is 0 Å². The number of hydrogen-bond acceptors (Lipinski definition) is 3. The molecule has 1 N–H and O–H groups in total. The van der Waals surface area contributed by atoms with E-state index in [1.807, 2.05) is 12.1 Å². The van der Waals surface area contributed by atoms with Crippen LogP contribution in [0.4, 0.5) is 0 Å². The van der Waals surface area contributed by atoms with Crippen LogP contribution in [0.15, 0.2) is 24.5 Å². The van der Waals surface area contributed by atoms with Crippen LogP contribution in [-0.2, 0) is 11.2 Å². The van der Waals surface area contributed by atoms with E-state index in [2.05, 4.69) is 18.8 Å². The average molecular weight is 237 g/mol. The van der Waals surface area contributed by atoms with Gasteiger partial charge in [-0.2, -0.15) is 0 Å². The zero-order chi connectivity index (χ0) is 12.5. The Bertz CT molecular complexity index is 288. The molecule has 1 aromatic rings. The summed E-state index contributed by atoms with van der Waals surface area (Å²) in [7, 11) is 0. The molecule has 0 saturated heterocycles. The second-order valence-corrected chi connectivity index (χ2v) is 4.80. The van der Waals surface area contributed by atoms with Gasteiger partial charge in [0, 0.05) is 25.6 Å². The molecular formula is C14H23NO2. The summed E-state index contributed by atoms with van der Waals surface area (Å²) in [5.41, 5.74) is 1.12. The van der Waals surface area contributed by atoms with Crippen molar-refractivity contribution in [3.05, 3.63) is 30.1 Å². The molecule has 0 radical (unpaired) electrons. The van der Waals surface area contributed by atoms with Gasteiger partial charge < -0.3 is 9.84 Å². The van der Waals surface area contributed by atoms with E-state index in [1.165, 1.54) is 0 Å². The number of pyridine rings is 1. The number of rotatable bonds is 8. The zero-order valence-electron chi connectivity index (χ0n) is 10.8. The molecule has 1 unspecified atom stereocenters. The van der Waals surface area contributed by atoms with Crippen LogP contribution in [0.3, 0.4) is 0 Å². The van der Waals surface area contributed by atoms with Crippen LogP contribution >= 0.6 is 0 Å². The molecule has 0 aliphatic heterocycles. The SMILES string of the molecule is CC(C)CCOCCC(O)Cc1ccncc1. The van der Waals surface area contributed by atoms with Crippen molar-refractivity contribution >= 4 is 0 Å². The lowest BCUT2D eigenvalue weighted by Gasteiger charge is -2.11. The summed E-state index contributed by atoms with van der Waals surface area (Å²) in [6.45, 7) is 5.79. The quantitative estimate of drug-likeness (QED) is 0.706. The summed E-state index contributed by atoms with van der Waals surface area (Å²) >= 11 is 0. The minimum absolute atomic E-state index is 0.323. The fraction of sp³-hybridized carbons (Fsp3) is 0.643. The van der Waals surface area contributed by atoms with Crippen LogP contribution in [0, 0.1) is 5.92 Å². The molecule has 1 rings (SSSR count). The van der Waals surface area contributed by atoms with Crippen LogP contribution in [0.5, 0.6) is 0 Å². The van der Waals surface area contributed by atoms with Gasteiger partial charge in [-0.15, -0.1) is 0 Å². The number of ether oxygens (including phenoxy) is 1. The molecule has 0 aliphatic carbocycles. The lowest BCUT2D eigenvalue weighted by molar-refractivity contribution is 0.0769. The molecule has 17 heavy (non-hydrogen) atoms. The van der Waals surface area contributed by atoms with Gasteiger partial charge in [0.05, 0.1) is 6.10 Å². The van der Waals surface area contributed by atoms with E-state index in [-0.39, 0.29) is 6.10 Å². The minimum Gasteiger partial charge on any atom is -0.393 e. The number of aromatic nitrogens is 1. The Labute approximate surface area is 104 Å². The minimum atomic E-state index is -0.323. The lowest BCUT2D eigenvalue weighted by atomic mass is 10.1. The summed E-state index contributed by atoms with van der Waals surface area (Å²) < 4.78 is 5.48. The first kappa shape index (κ1) is 14.1. The van der Waals surface area contributed by atoms with Gasteiger partial charge in [0.1, 0.15) is 0 Å². The summed E-state index contributed by atoms with van der Waals surface area (Å²) in [5, 5.41) is 9.81. The number of hydrogen-bond donors (Lipinski definition) is 1. The largest absolute Gasteiger partial charge is 0.393 e. The maximum atomic E-state index is 9.81. The summed E-state index contributed by atoms with van der Waals surface area (Å²) in [6.07, 6.45) is 5.63. The van der Waals surface area contributed by atoms with Gasteiger partial charge in [-0.1, -0.05) is 13.8 Å². The van der Waals surface area contributed by atoms with Crippen molar-refractivity contribution in [1.82, 2.24) is 4.98 Å². The van der Waals surface area contributed by atoms with Crippen LogP contribution in [0.1, 0.15) is 32.3 Å². The molecule has 0 bridgehead atoms. The molecule has 1 atom stereocenters. The summed E-state index contributed by atoms with van der Waals surface area (Å²) in [5.74, 6) is 0.678. The lowest BCUT2D eigenvalue weighted by Crippen LogP contribution is -2.14. The predicted octanol–water partition coefficient (Wildman–Crippen LogP) is 2.44. The van der Waals surface area contributed by atoms with Gasteiger partial charge in [0.15, 0.2) is 0 Å². The highest BCUT2D eigenvalue weighted by Crippen LogP contribution is 2.05. The first-order valence-electron chi connectivity index (χ1n) is 6.33. The van der Waals surface area contributed by atoms with E-state index in [0.29, 0.717) is 25.4 Å². The second kappa shape index (κ2) is 8.20. The second-order valence-electron chi connectivity index (χ2n) is 4.80. The summed E-state index contributed by atoms with van der Waals surface area (Å²) in [6, 6.07) is 3.87. The Morgan fingerprint density at radius 3 is 2.47 bits per heavy atom. The van der Waals surface area contributed by atoms with Crippen LogP contribution in [0.2, 0.25) is 0 Å². The van der Waals surface area contributed by atoms with Gasteiger partial charge in [0.25, 0.3) is 0 Å². The maximum absolute atomic E-state index is 9.81. The highest BCUT2D eigenvalue weighted by molar-refractivity contribution is 5.10. The van der Waals surface area contributed by atoms with Crippen molar-refractivity contribution in [2.24, 2.45) is 5.92 Å². The molecule has 0 fully saturated rings. The smallest absolute Gasteiger partial charge is 0.0602 e. The van der Waals surface area contributed by atoms with Gasteiger partial charge in [-0.25, -0.2) is 0 Å². The van der Waals surface area contributed by atoms with E-state index in [9.17, 15) is 5.11 Å². The van der Waals surface area contributed by atoms with Crippen molar-refractivity contribution in [2.75, 3.05) is 13.2 Å². The van der Waals surface area contributed by atoms with Crippen molar-refractivity contribution < 1.29 is 9.84 Å². The van der Waals surface area contributed by atoms with Gasteiger partial charge in [0.2, 0.25) is 0 Å². The van der Waals surface area contributed by atoms with Crippen molar-refractivity contribution in [2.45, 2.75) is 39.2 Å². The molecule has 1 aromatic heterocycles. The first-order valence-corrected chi connectivity index (χ1v) is 6.33. The standard InChI is InChI=1S/C14H23NO2/c1-12(2)5-9-17-10-6-14(16)11-13-3-7-15-8-4-13/h3-4,7-8,12,14,16H,5-6,9-11H2,1-2H3. The molecule has 1 heterocycles.